The molecule has 5 heterocycles. The first kappa shape index (κ1) is 48.5. The Hall–Kier alpha value is -5.50. The predicted octanol–water partition coefficient (Wildman–Crippen LogP) is 9.92. The molecule has 4 atom stereocenters. The van der Waals surface area contributed by atoms with E-state index >= 15 is 0 Å². The second-order valence-corrected chi connectivity index (χ2v) is 21.6. The SMILES string of the molecule is COc1cc(=O)n(C)cc1-c1ccc2nc(N3CCC(CN4C[C@@](C)(C(C)(C)C)N(C(=O)O)C[C@@H]4C)CC3)nc(C(COC3CCCCO3)(CC3CC3)c3ccc(OCc4ccccc4)cc3)c2c1. The van der Waals surface area contributed by atoms with Gasteiger partial charge in [-0.1, -0.05) is 82.1 Å². The zero-order chi connectivity index (χ0) is 48.5. The number of methoxy groups -OCH3 is 1. The number of anilines is 1. The molecule has 2 aromatic heterocycles. The van der Waals surface area contributed by atoms with Crippen molar-refractivity contribution < 1.29 is 28.8 Å². The Morgan fingerprint density at radius 1 is 0.928 bits per heavy atom. The summed E-state index contributed by atoms with van der Waals surface area (Å²) in [4.78, 5) is 43.0. The van der Waals surface area contributed by atoms with E-state index in [4.69, 9.17) is 28.9 Å². The fourth-order valence-electron chi connectivity index (χ4n) is 10.9. The van der Waals surface area contributed by atoms with Crippen molar-refractivity contribution in [2.24, 2.45) is 24.3 Å². The van der Waals surface area contributed by atoms with Gasteiger partial charge in [0.05, 0.1) is 35.9 Å². The number of piperazine rings is 1. The summed E-state index contributed by atoms with van der Waals surface area (Å²) in [6.07, 6.45) is 8.69. The maximum Gasteiger partial charge on any atom is 0.407 e. The highest BCUT2D eigenvalue weighted by atomic mass is 16.7. The van der Waals surface area contributed by atoms with Gasteiger partial charge < -0.3 is 33.5 Å². The summed E-state index contributed by atoms with van der Waals surface area (Å²) in [7, 11) is 3.36. The Morgan fingerprint density at radius 3 is 2.35 bits per heavy atom. The zero-order valence-corrected chi connectivity index (χ0v) is 41.8. The molecule has 5 aromatic rings. The average Bonchev–Trinajstić information content (AvgIpc) is 4.18. The van der Waals surface area contributed by atoms with Gasteiger partial charge in [-0.25, -0.2) is 14.8 Å². The highest BCUT2D eigenvalue weighted by Gasteiger charge is 2.51. The predicted molar refractivity (Wildman–Crippen MR) is 270 cm³/mol. The molecule has 69 heavy (non-hydrogen) atoms. The van der Waals surface area contributed by atoms with E-state index in [1.807, 2.05) is 24.4 Å². The van der Waals surface area contributed by atoms with Gasteiger partial charge in [0.25, 0.3) is 5.56 Å². The number of benzene rings is 3. The topological polar surface area (TPSA) is 132 Å². The lowest BCUT2D eigenvalue weighted by Crippen LogP contribution is -2.70. The highest BCUT2D eigenvalue weighted by molar-refractivity contribution is 5.89. The number of aromatic nitrogens is 3. The van der Waals surface area contributed by atoms with E-state index < -0.39 is 17.0 Å². The van der Waals surface area contributed by atoms with E-state index in [1.165, 1.54) is 0 Å². The Kier molecular flexibility index (Phi) is 14.1. The molecule has 1 saturated carbocycles. The van der Waals surface area contributed by atoms with E-state index in [2.05, 4.69) is 99.0 Å². The molecule has 4 fully saturated rings. The first-order chi connectivity index (χ1) is 33.1. The summed E-state index contributed by atoms with van der Waals surface area (Å²) in [5.74, 6) is 2.95. The Bertz CT molecular complexity index is 2630. The highest BCUT2D eigenvalue weighted by Crippen LogP contribution is 2.49. The van der Waals surface area contributed by atoms with E-state index in [0.29, 0.717) is 56.4 Å². The van der Waals surface area contributed by atoms with Crippen LogP contribution in [-0.2, 0) is 28.5 Å². The van der Waals surface area contributed by atoms with Gasteiger partial charge in [0.2, 0.25) is 5.95 Å². The van der Waals surface area contributed by atoms with Crippen LogP contribution in [0.25, 0.3) is 22.0 Å². The van der Waals surface area contributed by atoms with Crippen molar-refractivity contribution in [3.8, 4) is 22.6 Å². The first-order valence-corrected chi connectivity index (χ1v) is 25.2. The molecule has 0 spiro atoms. The van der Waals surface area contributed by atoms with Gasteiger partial charge in [-0.15, -0.1) is 0 Å². The number of ether oxygens (including phenoxy) is 4. The third kappa shape index (κ3) is 10.4. The van der Waals surface area contributed by atoms with Crippen LogP contribution in [0, 0.1) is 17.3 Å². The molecule has 1 amide bonds. The molecule has 3 saturated heterocycles. The summed E-state index contributed by atoms with van der Waals surface area (Å²) in [5, 5.41) is 11.2. The number of carbonyl (C=O) groups is 1. The van der Waals surface area contributed by atoms with Crippen molar-refractivity contribution in [3.05, 3.63) is 112 Å². The van der Waals surface area contributed by atoms with Crippen LogP contribution in [0.4, 0.5) is 10.7 Å². The molecular formula is C56H72N6O7. The molecule has 2 unspecified atom stereocenters. The van der Waals surface area contributed by atoms with Gasteiger partial charge in [-0.3, -0.25) is 14.6 Å². The first-order valence-electron chi connectivity index (χ1n) is 25.2. The molecule has 368 valence electrons. The van der Waals surface area contributed by atoms with Crippen LogP contribution in [0.3, 0.4) is 0 Å². The van der Waals surface area contributed by atoms with E-state index in [1.54, 1.807) is 29.7 Å². The molecule has 0 radical (unpaired) electrons. The number of hydrogen-bond acceptors (Lipinski definition) is 10. The lowest BCUT2D eigenvalue weighted by molar-refractivity contribution is -0.170. The number of amides is 1. The molecule has 13 heteroatoms. The van der Waals surface area contributed by atoms with Crippen molar-refractivity contribution >= 4 is 22.9 Å². The number of carboxylic acid groups (broad SMARTS) is 1. The summed E-state index contributed by atoms with van der Waals surface area (Å²) in [6.45, 7) is 16.0. The number of fused-ring (bicyclic) bond motifs is 1. The monoisotopic (exact) mass is 941 g/mol. The van der Waals surface area contributed by atoms with E-state index in [0.717, 1.165) is 116 Å². The summed E-state index contributed by atoms with van der Waals surface area (Å²) in [6, 6.07) is 26.8. The number of piperidine rings is 1. The van der Waals surface area contributed by atoms with E-state index in [-0.39, 0.29) is 23.3 Å². The molecule has 3 aliphatic heterocycles. The normalized spacial score (nSPS) is 22.7. The molecule has 4 aliphatic rings. The Morgan fingerprint density at radius 2 is 1.68 bits per heavy atom. The van der Waals surface area contributed by atoms with Gasteiger partial charge in [0.15, 0.2) is 6.29 Å². The van der Waals surface area contributed by atoms with Crippen LogP contribution in [0.15, 0.2) is 89.9 Å². The molecular weight excluding hydrogens is 869 g/mol. The average molecular weight is 941 g/mol. The van der Waals surface area contributed by atoms with E-state index in [9.17, 15) is 14.7 Å². The van der Waals surface area contributed by atoms with Crippen molar-refractivity contribution in [2.75, 3.05) is 57.9 Å². The maximum atomic E-state index is 12.8. The van der Waals surface area contributed by atoms with Crippen LogP contribution in [0.1, 0.15) is 103 Å². The molecule has 9 rings (SSSR count). The maximum absolute atomic E-state index is 12.8. The van der Waals surface area contributed by atoms with Crippen LogP contribution >= 0.6 is 0 Å². The van der Waals surface area contributed by atoms with Crippen molar-refractivity contribution in [2.45, 2.75) is 116 Å². The standard InChI is InChI=1S/C56H72N6O7/c1-38-32-62(53(64)65)55(5,54(2,3)4)36-61(38)33-40-24-26-60(27-25-40)52-57-47-23-18-42(46-34-59(6)49(63)30-48(46)66-7)29-45(47)51(58-52)56(31-39-16-17-39,37-69-50-15-11-12-28-67-50)43-19-21-44(22-20-43)68-35-41-13-9-8-10-14-41/h8-10,13-14,18-23,29-30,34,38-40,50H,11-12,15-17,24-28,31-33,35-37H2,1-7H3,(H,64,65)/t38-,50?,55-,56?/m0/s1. The van der Waals surface area contributed by atoms with Crippen molar-refractivity contribution in [3.63, 3.8) is 0 Å². The molecule has 3 aromatic carbocycles. The Balaban J connectivity index is 1.10. The van der Waals surface area contributed by atoms with Crippen LogP contribution in [0.5, 0.6) is 11.5 Å². The van der Waals surface area contributed by atoms with Gasteiger partial charge >= 0.3 is 6.09 Å². The number of aryl methyl sites for hydroxylation is 1. The molecule has 1 aliphatic carbocycles. The van der Waals surface area contributed by atoms with Crippen molar-refractivity contribution in [1.29, 1.82) is 0 Å². The Labute approximate surface area is 407 Å². The second kappa shape index (κ2) is 20.1. The van der Waals surface area contributed by atoms with Crippen molar-refractivity contribution in [1.82, 2.24) is 24.3 Å². The largest absolute Gasteiger partial charge is 0.496 e. The summed E-state index contributed by atoms with van der Waals surface area (Å²) in [5.41, 5.74) is 4.10. The number of rotatable bonds is 15. The fourth-order valence-corrected chi connectivity index (χ4v) is 10.9. The summed E-state index contributed by atoms with van der Waals surface area (Å²) >= 11 is 0. The second-order valence-electron chi connectivity index (χ2n) is 21.6. The van der Waals surface area contributed by atoms with Crippen LogP contribution in [0.2, 0.25) is 0 Å². The van der Waals surface area contributed by atoms with Crippen LogP contribution < -0.4 is 19.9 Å². The number of pyridine rings is 1. The number of nitrogens with zero attached hydrogens (tertiary/aromatic N) is 6. The molecule has 1 N–H and O–H groups in total. The smallest absolute Gasteiger partial charge is 0.407 e. The van der Waals surface area contributed by atoms with Crippen LogP contribution in [-0.4, -0.2) is 106 Å². The van der Waals surface area contributed by atoms with Gasteiger partial charge in [-0.2, -0.15) is 0 Å². The fraction of sp³-hybridized carbons (Fsp3) is 0.536. The third-order valence-corrected chi connectivity index (χ3v) is 15.9. The summed E-state index contributed by atoms with van der Waals surface area (Å²) < 4.78 is 26.9. The molecule has 0 bridgehead atoms. The number of hydrogen-bond donors (Lipinski definition) is 1. The van der Waals surface area contributed by atoms with Gasteiger partial charge in [-0.05, 0) is 111 Å². The van der Waals surface area contributed by atoms with Gasteiger partial charge in [0, 0.05) is 75.6 Å². The van der Waals surface area contributed by atoms with Gasteiger partial charge in [0.1, 0.15) is 18.1 Å². The lowest BCUT2D eigenvalue weighted by atomic mass is 9.71. The lowest BCUT2D eigenvalue weighted by Gasteiger charge is -2.57. The quantitative estimate of drug-likeness (QED) is 0.108. The third-order valence-electron chi connectivity index (χ3n) is 15.9. The minimum absolute atomic E-state index is 0.122. The minimum atomic E-state index is -0.843. The zero-order valence-electron chi connectivity index (χ0n) is 41.8. The molecule has 13 nitrogen and oxygen atoms in total. The minimum Gasteiger partial charge on any atom is -0.496 e.